The molecule has 2 aliphatic heterocycles. The largest absolute Gasteiger partial charge is 0.626 e. The zero-order chi connectivity index (χ0) is 14.5. The number of nitrogens with zero attached hydrogens (tertiary/aromatic N) is 1. The molecule has 4 nitrogen and oxygen atoms in total. The van der Waals surface area contributed by atoms with Gasteiger partial charge in [0.2, 0.25) is 0 Å². The minimum absolute atomic E-state index is 0.116. The molecule has 1 aromatic rings. The van der Waals surface area contributed by atoms with Gasteiger partial charge in [-0.3, -0.25) is 4.79 Å². The summed E-state index contributed by atoms with van der Waals surface area (Å²) in [4.78, 5) is 11.7. The highest BCUT2D eigenvalue weighted by atomic mass is 19.3. The molecule has 0 amide bonds. The van der Waals surface area contributed by atoms with Crippen LogP contribution < -0.4 is 5.46 Å². The van der Waals surface area contributed by atoms with Crippen molar-refractivity contribution < 1.29 is 27.3 Å². The van der Waals surface area contributed by atoms with Gasteiger partial charge in [0, 0.05) is 12.6 Å². The standard InChI is InChI=1S/C13H14BF2NO3/c1-9-7-17(2)8-12(18)20-14(17,19-9)11-5-3-4-10(6-11)13(15)16/h3-6,13H,1,7-8H2,2H3/t14?,17-/m0/s1. The van der Waals surface area contributed by atoms with Crippen LogP contribution in [0.15, 0.2) is 36.6 Å². The lowest BCUT2D eigenvalue weighted by Crippen LogP contribution is -2.67. The Morgan fingerprint density at radius 1 is 1.35 bits per heavy atom. The molecule has 2 fully saturated rings. The average Bonchev–Trinajstić information content (AvgIpc) is 2.73. The molecule has 0 spiro atoms. The van der Waals surface area contributed by atoms with Gasteiger partial charge in [0.15, 0.2) is 0 Å². The molecule has 0 saturated carbocycles. The van der Waals surface area contributed by atoms with Crippen molar-refractivity contribution in [1.82, 2.24) is 0 Å². The van der Waals surface area contributed by atoms with E-state index in [1.165, 1.54) is 18.2 Å². The van der Waals surface area contributed by atoms with E-state index >= 15 is 0 Å². The quantitative estimate of drug-likeness (QED) is 0.767. The summed E-state index contributed by atoms with van der Waals surface area (Å²) in [5.41, 5.74) is 0.351. The van der Waals surface area contributed by atoms with Crippen LogP contribution in [0.25, 0.3) is 0 Å². The van der Waals surface area contributed by atoms with Crippen molar-refractivity contribution in [2.45, 2.75) is 6.43 Å². The number of carbonyl (C=O) groups is 1. The van der Waals surface area contributed by atoms with Crippen molar-refractivity contribution in [2.75, 3.05) is 20.1 Å². The predicted molar refractivity (Wildman–Crippen MR) is 69.0 cm³/mol. The molecule has 1 unspecified atom stereocenters. The Kier molecular flexibility index (Phi) is 2.66. The summed E-state index contributed by atoms with van der Waals surface area (Å²) in [6.45, 7) is 2.18. The Morgan fingerprint density at radius 3 is 2.80 bits per heavy atom. The van der Waals surface area contributed by atoms with Gasteiger partial charge in [-0.2, -0.15) is 0 Å². The smallest absolute Gasteiger partial charge is 0.612 e. The number of carbonyl (C=O) groups excluding carboxylic acids is 1. The van der Waals surface area contributed by atoms with Crippen molar-refractivity contribution in [3.8, 4) is 0 Å². The first-order valence-electron chi connectivity index (χ1n) is 6.32. The summed E-state index contributed by atoms with van der Waals surface area (Å²) in [6.07, 6.45) is -2.58. The number of quaternary nitrogens is 1. The molecule has 7 heteroatoms. The molecular weight excluding hydrogens is 267 g/mol. The van der Waals surface area contributed by atoms with E-state index in [4.69, 9.17) is 9.31 Å². The van der Waals surface area contributed by atoms with E-state index in [2.05, 4.69) is 6.58 Å². The van der Waals surface area contributed by atoms with E-state index < -0.39 is 13.1 Å². The third-order valence-corrected chi connectivity index (χ3v) is 4.05. The van der Waals surface area contributed by atoms with E-state index in [9.17, 15) is 13.6 Å². The highest BCUT2D eigenvalue weighted by Crippen LogP contribution is 2.37. The summed E-state index contributed by atoms with van der Waals surface area (Å²) >= 11 is 0. The van der Waals surface area contributed by atoms with Gasteiger partial charge in [-0.15, -0.1) is 0 Å². The maximum absolute atomic E-state index is 12.9. The first-order valence-corrected chi connectivity index (χ1v) is 6.32. The fourth-order valence-corrected chi connectivity index (χ4v) is 3.17. The molecular formula is C13H14BF2NO3. The number of rotatable bonds is 2. The molecule has 2 heterocycles. The molecule has 2 aliphatic rings. The second kappa shape index (κ2) is 4.05. The predicted octanol–water partition coefficient (Wildman–Crippen LogP) is 1.32. The number of likely N-dealkylation sites (N-methyl/N-ethyl adjacent to an activating group) is 1. The molecule has 1 aromatic carbocycles. The lowest BCUT2D eigenvalue weighted by Gasteiger charge is -2.40. The maximum atomic E-state index is 12.9. The van der Waals surface area contributed by atoms with E-state index in [1.54, 1.807) is 6.07 Å². The van der Waals surface area contributed by atoms with Crippen molar-refractivity contribution in [3.63, 3.8) is 0 Å². The van der Waals surface area contributed by atoms with Crippen molar-refractivity contribution in [1.29, 1.82) is 0 Å². The zero-order valence-corrected chi connectivity index (χ0v) is 11.0. The molecule has 0 aliphatic carbocycles. The van der Waals surface area contributed by atoms with E-state index in [0.29, 0.717) is 17.8 Å². The second-order valence-corrected chi connectivity index (χ2v) is 5.58. The van der Waals surface area contributed by atoms with Crippen molar-refractivity contribution in [2.24, 2.45) is 0 Å². The number of hydrogen-bond donors (Lipinski definition) is 0. The SMILES string of the molecule is C=C1C[N@@+]2(C)CC(=O)O[B-]2(c2cccc(C(F)F)c2)O1. The van der Waals surface area contributed by atoms with Crippen molar-refractivity contribution in [3.05, 3.63) is 42.2 Å². The third-order valence-electron chi connectivity index (χ3n) is 4.05. The van der Waals surface area contributed by atoms with Gasteiger partial charge in [-0.25, -0.2) is 8.78 Å². The van der Waals surface area contributed by atoms with E-state index in [1.807, 2.05) is 7.05 Å². The number of hydrogen-bond acceptors (Lipinski definition) is 3. The molecule has 106 valence electrons. The zero-order valence-electron chi connectivity index (χ0n) is 11.0. The van der Waals surface area contributed by atoms with Crippen LogP contribution in [0.1, 0.15) is 12.0 Å². The Bertz CT molecular complexity index is 585. The van der Waals surface area contributed by atoms with Crippen LogP contribution >= 0.6 is 0 Å². The molecule has 2 atom stereocenters. The summed E-state index contributed by atoms with van der Waals surface area (Å²) in [6, 6.07) is 5.86. The van der Waals surface area contributed by atoms with Gasteiger partial charge in [0.05, 0.1) is 12.3 Å². The van der Waals surface area contributed by atoms with Crippen LogP contribution in [0.5, 0.6) is 0 Å². The van der Waals surface area contributed by atoms with Gasteiger partial charge in [0.25, 0.3) is 6.43 Å². The summed E-state index contributed by atoms with van der Waals surface area (Å²) in [5.74, 6) is 0.116. The average molecular weight is 281 g/mol. The molecule has 20 heavy (non-hydrogen) atoms. The van der Waals surface area contributed by atoms with Gasteiger partial charge in [0.1, 0.15) is 6.54 Å². The highest BCUT2D eigenvalue weighted by Gasteiger charge is 2.64. The van der Waals surface area contributed by atoms with Crippen LogP contribution in [0, 0.1) is 0 Å². The Hall–Kier alpha value is -1.89. The maximum Gasteiger partial charge on any atom is 0.612 e. The first-order chi connectivity index (χ1) is 9.36. The molecule has 3 rings (SSSR count). The Balaban J connectivity index is 2.13. The fraction of sp³-hybridized carbons (Fsp3) is 0.308. The lowest BCUT2D eigenvalue weighted by atomic mass is 9.61. The molecule has 0 aromatic heterocycles. The van der Waals surface area contributed by atoms with Crippen LogP contribution in [0.2, 0.25) is 0 Å². The molecule has 2 saturated heterocycles. The van der Waals surface area contributed by atoms with Crippen LogP contribution in [0.4, 0.5) is 8.78 Å². The minimum Gasteiger partial charge on any atom is -0.626 e. The van der Waals surface area contributed by atoms with Gasteiger partial charge in [-0.1, -0.05) is 30.8 Å². The fourth-order valence-electron chi connectivity index (χ4n) is 3.17. The van der Waals surface area contributed by atoms with Crippen LogP contribution in [0.3, 0.4) is 0 Å². The lowest BCUT2D eigenvalue weighted by molar-refractivity contribution is -0.793. The molecule has 0 N–H and O–H groups in total. The number of benzene rings is 1. The van der Waals surface area contributed by atoms with Crippen molar-refractivity contribution >= 4 is 18.1 Å². The van der Waals surface area contributed by atoms with E-state index in [-0.39, 0.29) is 22.5 Å². The van der Waals surface area contributed by atoms with E-state index in [0.717, 1.165) is 0 Å². The normalized spacial score (nSPS) is 32.2. The Labute approximate surface area is 115 Å². The monoisotopic (exact) mass is 281 g/mol. The first kappa shape index (κ1) is 13.1. The highest BCUT2D eigenvalue weighted by molar-refractivity contribution is 6.77. The van der Waals surface area contributed by atoms with Crippen LogP contribution in [-0.4, -0.2) is 37.2 Å². The topological polar surface area (TPSA) is 35.5 Å². The summed E-state index contributed by atoms with van der Waals surface area (Å²) in [7, 11) is 1.82. The van der Waals surface area contributed by atoms with Gasteiger partial charge < -0.3 is 13.7 Å². The number of alkyl halides is 2. The van der Waals surface area contributed by atoms with Gasteiger partial charge in [-0.05, 0) is 5.46 Å². The molecule has 0 radical (unpaired) electrons. The Morgan fingerprint density at radius 2 is 2.10 bits per heavy atom. The third kappa shape index (κ3) is 1.66. The second-order valence-electron chi connectivity index (χ2n) is 5.58. The van der Waals surface area contributed by atoms with Gasteiger partial charge >= 0.3 is 12.7 Å². The number of fused-ring (bicyclic) bond motifs is 1. The summed E-state index contributed by atoms with van der Waals surface area (Å²) in [5, 5.41) is 0. The minimum atomic E-state index is -2.58. The number of halogens is 2. The summed E-state index contributed by atoms with van der Waals surface area (Å²) < 4.78 is 37.1. The molecule has 0 bridgehead atoms. The van der Waals surface area contributed by atoms with Crippen LogP contribution in [-0.2, 0) is 14.1 Å².